The average Bonchev–Trinajstić information content (AvgIpc) is 3.03. The molecule has 12 heteroatoms. The number of hydrogen-bond donors (Lipinski definition) is 0. The van der Waals surface area contributed by atoms with Gasteiger partial charge < -0.3 is 4.74 Å². The molecule has 0 aromatic heterocycles. The van der Waals surface area contributed by atoms with Crippen LogP contribution in [-0.4, -0.2) is 38.7 Å². The van der Waals surface area contributed by atoms with E-state index in [1.165, 1.54) is 18.2 Å². The molecule has 2 aromatic carbocycles. The molecule has 0 radical (unpaired) electrons. The third-order valence-electron chi connectivity index (χ3n) is 3.82. The molecule has 1 aliphatic heterocycles. The van der Waals surface area contributed by atoms with E-state index in [9.17, 15) is 27.7 Å². The van der Waals surface area contributed by atoms with E-state index in [2.05, 4.69) is 15.9 Å². The van der Waals surface area contributed by atoms with Crippen molar-refractivity contribution >= 4 is 43.5 Å². The summed E-state index contributed by atoms with van der Waals surface area (Å²) in [6.45, 7) is -0.545. The van der Waals surface area contributed by atoms with Crippen LogP contribution in [0.15, 0.2) is 51.8 Å². The molecule has 1 aliphatic rings. The van der Waals surface area contributed by atoms with E-state index in [-0.39, 0.29) is 16.7 Å². The highest BCUT2D eigenvalue weighted by Gasteiger charge is 2.34. The molecule has 9 nitrogen and oxygen atoms in total. The van der Waals surface area contributed by atoms with Gasteiger partial charge in [0, 0.05) is 12.1 Å². The normalized spacial score (nSPS) is 16.9. The van der Waals surface area contributed by atoms with E-state index in [0.717, 1.165) is 29.2 Å². The summed E-state index contributed by atoms with van der Waals surface area (Å²) in [5.41, 5.74) is -0.157. The van der Waals surface area contributed by atoms with Gasteiger partial charge in [-0.25, -0.2) is 9.18 Å². The average molecular weight is 475 g/mol. The van der Waals surface area contributed by atoms with E-state index in [4.69, 9.17) is 8.92 Å². The Hall–Kier alpha value is -2.57. The predicted octanol–water partition coefficient (Wildman–Crippen LogP) is 3.23. The third kappa shape index (κ3) is 4.29. The van der Waals surface area contributed by atoms with E-state index in [1.807, 2.05) is 0 Å². The SMILES string of the molecule is O=C1OC(COS(=O)(=O)c2cccc([N+](=O)[O-])c2)CN1c1ccc(Br)c(F)c1. The van der Waals surface area contributed by atoms with Crippen LogP contribution in [0, 0.1) is 15.9 Å². The maximum absolute atomic E-state index is 13.7. The highest BCUT2D eigenvalue weighted by atomic mass is 79.9. The van der Waals surface area contributed by atoms with Crippen LogP contribution in [0.25, 0.3) is 0 Å². The van der Waals surface area contributed by atoms with Crippen LogP contribution in [0.1, 0.15) is 0 Å². The van der Waals surface area contributed by atoms with Crippen molar-refractivity contribution < 1.29 is 31.4 Å². The van der Waals surface area contributed by atoms with Crippen molar-refractivity contribution in [3.8, 4) is 0 Å². The molecule has 0 bridgehead atoms. The molecule has 1 fully saturated rings. The predicted molar refractivity (Wildman–Crippen MR) is 97.9 cm³/mol. The van der Waals surface area contributed by atoms with Gasteiger partial charge in [0.1, 0.15) is 23.4 Å². The Labute approximate surface area is 167 Å². The fraction of sp³-hybridized carbons (Fsp3) is 0.188. The minimum atomic E-state index is -4.30. The Kier molecular flexibility index (Phi) is 5.63. The summed E-state index contributed by atoms with van der Waals surface area (Å²) in [7, 11) is -4.30. The summed E-state index contributed by atoms with van der Waals surface area (Å²) in [5.74, 6) is -0.571. The summed E-state index contributed by atoms with van der Waals surface area (Å²) in [6.07, 6.45) is -1.70. The van der Waals surface area contributed by atoms with Gasteiger partial charge in [0.15, 0.2) is 0 Å². The van der Waals surface area contributed by atoms with Crippen molar-refractivity contribution in [2.75, 3.05) is 18.1 Å². The lowest BCUT2D eigenvalue weighted by atomic mass is 10.2. The molecule has 1 unspecified atom stereocenters. The second kappa shape index (κ2) is 7.81. The van der Waals surface area contributed by atoms with Crippen LogP contribution in [0.3, 0.4) is 0 Å². The number of benzene rings is 2. The molecule has 0 saturated carbocycles. The Morgan fingerprint density at radius 1 is 1.32 bits per heavy atom. The van der Waals surface area contributed by atoms with E-state index < -0.39 is 50.2 Å². The fourth-order valence-corrected chi connectivity index (χ4v) is 3.68. The molecule has 148 valence electrons. The molecule has 0 aliphatic carbocycles. The van der Waals surface area contributed by atoms with Gasteiger partial charge in [0.2, 0.25) is 0 Å². The van der Waals surface area contributed by atoms with Gasteiger partial charge >= 0.3 is 6.09 Å². The zero-order valence-corrected chi connectivity index (χ0v) is 16.4. The van der Waals surface area contributed by atoms with Gasteiger partial charge in [0.25, 0.3) is 15.8 Å². The molecule has 0 N–H and O–H groups in total. The lowest BCUT2D eigenvalue weighted by Gasteiger charge is -2.13. The molecule has 1 amide bonds. The number of nitro groups is 1. The second-order valence-corrected chi connectivity index (χ2v) is 8.18. The maximum atomic E-state index is 13.7. The lowest BCUT2D eigenvalue weighted by molar-refractivity contribution is -0.385. The molecule has 1 heterocycles. The van der Waals surface area contributed by atoms with Crippen molar-refractivity contribution in [1.29, 1.82) is 0 Å². The third-order valence-corrected chi connectivity index (χ3v) is 5.74. The molecule has 0 spiro atoms. The summed E-state index contributed by atoms with van der Waals surface area (Å²) in [6, 6.07) is 8.44. The Balaban J connectivity index is 1.68. The number of carbonyl (C=O) groups is 1. The van der Waals surface area contributed by atoms with Crippen molar-refractivity contribution in [3.05, 3.63) is 62.9 Å². The Morgan fingerprint density at radius 2 is 2.07 bits per heavy atom. The van der Waals surface area contributed by atoms with Crippen LogP contribution < -0.4 is 4.90 Å². The largest absolute Gasteiger partial charge is 0.441 e. The van der Waals surface area contributed by atoms with Crippen LogP contribution >= 0.6 is 15.9 Å². The van der Waals surface area contributed by atoms with Gasteiger partial charge in [-0.05, 0) is 40.2 Å². The minimum absolute atomic E-state index is 0.0512. The monoisotopic (exact) mass is 474 g/mol. The zero-order chi connectivity index (χ0) is 20.5. The number of nitrogens with zero attached hydrogens (tertiary/aromatic N) is 2. The van der Waals surface area contributed by atoms with Gasteiger partial charge in [-0.1, -0.05) is 6.07 Å². The Bertz CT molecular complexity index is 1050. The number of anilines is 1. The maximum Gasteiger partial charge on any atom is 0.414 e. The number of ether oxygens (including phenoxy) is 1. The van der Waals surface area contributed by atoms with Crippen molar-refractivity contribution in [3.63, 3.8) is 0 Å². The summed E-state index contributed by atoms with van der Waals surface area (Å²) in [4.78, 5) is 22.8. The van der Waals surface area contributed by atoms with Crippen molar-refractivity contribution in [2.24, 2.45) is 0 Å². The van der Waals surface area contributed by atoms with Crippen molar-refractivity contribution in [1.82, 2.24) is 0 Å². The Morgan fingerprint density at radius 3 is 2.75 bits per heavy atom. The van der Waals surface area contributed by atoms with Gasteiger partial charge in [0.05, 0.1) is 21.6 Å². The first-order chi connectivity index (χ1) is 13.2. The molecule has 1 saturated heterocycles. The molecule has 1 atom stereocenters. The van der Waals surface area contributed by atoms with Gasteiger partial charge in [-0.3, -0.25) is 19.2 Å². The topological polar surface area (TPSA) is 116 Å². The molecular formula is C16H12BrFN2O7S. The number of halogens is 2. The van der Waals surface area contributed by atoms with Gasteiger partial charge in [-0.2, -0.15) is 8.42 Å². The van der Waals surface area contributed by atoms with Crippen LogP contribution in [0.5, 0.6) is 0 Å². The number of non-ortho nitro benzene ring substituents is 1. The number of nitro benzene ring substituents is 1. The molecular weight excluding hydrogens is 463 g/mol. The molecule has 28 heavy (non-hydrogen) atoms. The lowest BCUT2D eigenvalue weighted by Crippen LogP contribution is -2.26. The molecule has 2 aromatic rings. The van der Waals surface area contributed by atoms with Gasteiger partial charge in [-0.15, -0.1) is 0 Å². The van der Waals surface area contributed by atoms with E-state index in [0.29, 0.717) is 0 Å². The van der Waals surface area contributed by atoms with E-state index >= 15 is 0 Å². The number of carbonyl (C=O) groups excluding carboxylic acids is 1. The molecule has 3 rings (SSSR count). The van der Waals surface area contributed by atoms with E-state index in [1.54, 1.807) is 0 Å². The van der Waals surface area contributed by atoms with Crippen LogP contribution in [0.4, 0.5) is 20.6 Å². The summed E-state index contributed by atoms with van der Waals surface area (Å²) >= 11 is 3.01. The minimum Gasteiger partial charge on any atom is -0.441 e. The quantitative estimate of drug-likeness (QED) is 0.358. The highest BCUT2D eigenvalue weighted by Crippen LogP contribution is 2.27. The standard InChI is InChI=1S/C16H12BrFN2O7S/c17-14-5-4-10(7-15(14)18)19-8-12(27-16(19)21)9-26-28(24,25)13-3-1-2-11(6-13)20(22)23/h1-7,12H,8-9H2. The highest BCUT2D eigenvalue weighted by molar-refractivity contribution is 9.10. The number of hydrogen-bond acceptors (Lipinski definition) is 7. The fourth-order valence-electron chi connectivity index (χ4n) is 2.46. The first-order valence-corrected chi connectivity index (χ1v) is 9.94. The summed E-state index contributed by atoms with van der Waals surface area (Å²) in [5, 5.41) is 10.8. The second-order valence-electron chi connectivity index (χ2n) is 5.71. The first-order valence-electron chi connectivity index (χ1n) is 7.74. The first kappa shape index (κ1) is 20.2. The van der Waals surface area contributed by atoms with Crippen LogP contribution in [-0.2, 0) is 19.0 Å². The van der Waals surface area contributed by atoms with Crippen LogP contribution in [0.2, 0.25) is 0 Å². The van der Waals surface area contributed by atoms with Crippen molar-refractivity contribution in [2.45, 2.75) is 11.0 Å². The number of rotatable bonds is 6. The summed E-state index contributed by atoms with van der Waals surface area (Å²) < 4.78 is 48.3. The number of cyclic esters (lactones) is 1. The smallest absolute Gasteiger partial charge is 0.414 e. The number of amides is 1. The zero-order valence-electron chi connectivity index (χ0n) is 13.9.